The summed E-state index contributed by atoms with van der Waals surface area (Å²) in [5, 5.41) is 17.7. The van der Waals surface area contributed by atoms with E-state index in [2.05, 4.69) is 0 Å². The molecular weight excluding hydrogens is 236 g/mol. The topological polar surface area (TPSA) is 81.1 Å². The lowest BCUT2D eigenvalue weighted by Crippen LogP contribution is -2.54. The molecule has 0 aromatic heterocycles. The molecule has 18 heavy (non-hydrogen) atoms. The van der Waals surface area contributed by atoms with Crippen molar-refractivity contribution >= 4 is 12.0 Å². The second-order valence-corrected chi connectivity index (χ2v) is 4.91. The van der Waals surface area contributed by atoms with Gasteiger partial charge in [-0.3, -0.25) is 0 Å². The summed E-state index contributed by atoms with van der Waals surface area (Å²) in [5.74, 6) is -1.04. The fourth-order valence-electron chi connectivity index (χ4n) is 1.37. The van der Waals surface area contributed by atoms with E-state index in [1.807, 2.05) is 0 Å². The third-order valence-corrected chi connectivity index (χ3v) is 3.13. The second-order valence-electron chi connectivity index (χ2n) is 4.91. The van der Waals surface area contributed by atoms with E-state index in [1.54, 1.807) is 7.05 Å². The summed E-state index contributed by atoms with van der Waals surface area (Å²) in [6.07, 6.45) is 2.36. The van der Waals surface area contributed by atoms with Crippen LogP contribution >= 0.6 is 0 Å². The molecule has 0 aromatic carbocycles. The number of aliphatic carboxylic acids is 1. The van der Waals surface area contributed by atoms with Gasteiger partial charge in [0.15, 0.2) is 0 Å². The van der Waals surface area contributed by atoms with Crippen molar-refractivity contribution in [2.24, 2.45) is 0 Å². The predicted octanol–water partition coefficient (Wildman–Crippen LogP) is 0.996. The van der Waals surface area contributed by atoms with E-state index in [1.165, 1.54) is 30.7 Å². The fourth-order valence-corrected chi connectivity index (χ4v) is 1.37. The smallest absolute Gasteiger partial charge is 0.329 e. The Hall–Kier alpha value is -1.30. The normalized spacial score (nSPS) is 11.2. The zero-order chi connectivity index (χ0) is 14.3. The van der Waals surface area contributed by atoms with Crippen LogP contribution in [0.5, 0.6) is 0 Å². The number of carboxylic acids is 1. The largest absolute Gasteiger partial charge is 0.480 e. The number of hydrogen-bond donors (Lipinski definition) is 2. The lowest BCUT2D eigenvalue weighted by Gasteiger charge is -2.34. The Balaban J connectivity index is 4.33. The number of likely N-dealkylation sites (N-methyl/N-ethyl adjacent to an activating group) is 1. The Kier molecular flexibility index (Phi) is 6.68. The number of rotatable bonds is 7. The van der Waals surface area contributed by atoms with Crippen LogP contribution in [-0.2, 0) is 4.79 Å². The zero-order valence-electron chi connectivity index (χ0n) is 11.6. The summed E-state index contributed by atoms with van der Waals surface area (Å²) >= 11 is 0. The lowest BCUT2D eigenvalue weighted by atomic mass is 10.0. The number of hydrogen-bond acceptors (Lipinski definition) is 3. The molecule has 0 aliphatic carbocycles. The molecule has 6 nitrogen and oxygen atoms in total. The Morgan fingerprint density at radius 3 is 2.11 bits per heavy atom. The molecule has 0 radical (unpaired) electrons. The zero-order valence-corrected chi connectivity index (χ0v) is 11.6. The van der Waals surface area contributed by atoms with Gasteiger partial charge in [-0.25, -0.2) is 9.59 Å². The number of carbonyl (C=O) groups excluding carboxylic acids is 1. The molecule has 0 unspecified atom stereocenters. The molecule has 0 aromatic rings. The van der Waals surface area contributed by atoms with Crippen molar-refractivity contribution in [3.8, 4) is 0 Å². The standard InChI is InChI=1S/C12H24N2O4/c1-12(2,10(16)17)14(4)11(18)13(3)8-6-5-7-9-15/h15H,5-9H2,1-4H3,(H,16,17). The van der Waals surface area contributed by atoms with Gasteiger partial charge >= 0.3 is 12.0 Å². The molecule has 0 spiro atoms. The molecule has 0 saturated heterocycles. The van der Waals surface area contributed by atoms with Crippen LogP contribution in [-0.4, -0.2) is 64.8 Å². The summed E-state index contributed by atoms with van der Waals surface area (Å²) in [6, 6.07) is -0.314. The molecule has 0 heterocycles. The first-order valence-corrected chi connectivity index (χ1v) is 6.08. The average molecular weight is 260 g/mol. The first-order chi connectivity index (χ1) is 8.25. The molecule has 0 aliphatic heterocycles. The highest BCUT2D eigenvalue weighted by Crippen LogP contribution is 2.14. The highest BCUT2D eigenvalue weighted by molar-refractivity contribution is 5.85. The van der Waals surface area contributed by atoms with Gasteiger partial charge in [-0.05, 0) is 33.1 Å². The van der Waals surface area contributed by atoms with E-state index in [0.29, 0.717) is 6.54 Å². The van der Waals surface area contributed by atoms with E-state index in [4.69, 9.17) is 10.2 Å². The molecular formula is C12H24N2O4. The van der Waals surface area contributed by atoms with Crippen LogP contribution in [0.15, 0.2) is 0 Å². The van der Waals surface area contributed by atoms with Crippen LogP contribution in [0.2, 0.25) is 0 Å². The number of nitrogens with zero attached hydrogens (tertiary/aromatic N) is 2. The molecule has 0 fully saturated rings. The number of aliphatic hydroxyl groups excluding tert-OH is 1. The van der Waals surface area contributed by atoms with Crippen molar-refractivity contribution in [2.75, 3.05) is 27.2 Å². The van der Waals surface area contributed by atoms with Crippen molar-refractivity contribution in [1.82, 2.24) is 9.80 Å². The Morgan fingerprint density at radius 1 is 1.11 bits per heavy atom. The van der Waals surface area contributed by atoms with Gasteiger partial charge in [-0.1, -0.05) is 0 Å². The molecule has 2 amide bonds. The quantitative estimate of drug-likeness (QED) is 0.669. The van der Waals surface area contributed by atoms with Gasteiger partial charge in [0.05, 0.1) is 0 Å². The van der Waals surface area contributed by atoms with E-state index < -0.39 is 11.5 Å². The van der Waals surface area contributed by atoms with Gasteiger partial charge in [-0.15, -0.1) is 0 Å². The average Bonchev–Trinajstić information content (AvgIpc) is 2.32. The number of amides is 2. The summed E-state index contributed by atoms with van der Waals surface area (Å²) < 4.78 is 0. The van der Waals surface area contributed by atoms with Gasteiger partial charge in [-0.2, -0.15) is 0 Å². The van der Waals surface area contributed by atoms with Crippen LogP contribution < -0.4 is 0 Å². The van der Waals surface area contributed by atoms with E-state index >= 15 is 0 Å². The number of urea groups is 1. The molecule has 6 heteroatoms. The van der Waals surface area contributed by atoms with E-state index in [9.17, 15) is 9.59 Å². The number of aliphatic hydroxyl groups is 1. The van der Waals surface area contributed by atoms with Gasteiger partial charge < -0.3 is 20.0 Å². The summed E-state index contributed by atoms with van der Waals surface area (Å²) in [7, 11) is 3.14. The maximum atomic E-state index is 12.0. The van der Waals surface area contributed by atoms with Crippen molar-refractivity contribution < 1.29 is 19.8 Å². The maximum Gasteiger partial charge on any atom is 0.329 e. The highest BCUT2D eigenvalue weighted by atomic mass is 16.4. The number of unbranched alkanes of at least 4 members (excludes halogenated alkanes) is 2. The van der Waals surface area contributed by atoms with Gasteiger partial charge in [0.1, 0.15) is 5.54 Å². The molecule has 0 saturated carbocycles. The first kappa shape index (κ1) is 16.7. The molecule has 0 aliphatic rings. The molecule has 0 atom stereocenters. The number of carbonyl (C=O) groups is 2. The van der Waals surface area contributed by atoms with Crippen molar-refractivity contribution in [3.63, 3.8) is 0 Å². The van der Waals surface area contributed by atoms with Crippen molar-refractivity contribution in [3.05, 3.63) is 0 Å². The molecule has 0 rings (SSSR count). The predicted molar refractivity (Wildman–Crippen MR) is 68.4 cm³/mol. The molecule has 106 valence electrons. The third kappa shape index (κ3) is 4.52. The Morgan fingerprint density at radius 2 is 1.67 bits per heavy atom. The maximum absolute atomic E-state index is 12.0. The van der Waals surface area contributed by atoms with Crippen LogP contribution in [0.25, 0.3) is 0 Å². The van der Waals surface area contributed by atoms with Gasteiger partial charge in [0.2, 0.25) is 0 Å². The molecule has 0 bridgehead atoms. The highest BCUT2D eigenvalue weighted by Gasteiger charge is 2.36. The third-order valence-electron chi connectivity index (χ3n) is 3.13. The van der Waals surface area contributed by atoms with Gasteiger partial charge in [0, 0.05) is 27.2 Å². The van der Waals surface area contributed by atoms with Crippen molar-refractivity contribution in [2.45, 2.75) is 38.6 Å². The molecule has 2 N–H and O–H groups in total. The Labute approximate surface area is 108 Å². The summed E-state index contributed by atoms with van der Waals surface area (Å²) in [5.41, 5.74) is -1.23. The lowest BCUT2D eigenvalue weighted by molar-refractivity contribution is -0.147. The number of carboxylic acid groups (broad SMARTS) is 1. The van der Waals surface area contributed by atoms with Crippen molar-refractivity contribution in [1.29, 1.82) is 0 Å². The van der Waals surface area contributed by atoms with Crippen LogP contribution in [0.4, 0.5) is 4.79 Å². The van der Waals surface area contributed by atoms with Crippen LogP contribution in [0.1, 0.15) is 33.1 Å². The summed E-state index contributed by atoms with van der Waals surface area (Å²) in [6.45, 7) is 3.70. The minimum Gasteiger partial charge on any atom is -0.480 e. The van der Waals surface area contributed by atoms with E-state index in [-0.39, 0.29) is 12.6 Å². The Bertz CT molecular complexity index is 292. The second kappa shape index (κ2) is 7.20. The minimum atomic E-state index is -1.23. The minimum absolute atomic E-state index is 0.156. The monoisotopic (exact) mass is 260 g/mol. The SMILES string of the molecule is CN(CCCCCO)C(=O)N(C)C(C)(C)C(=O)O. The van der Waals surface area contributed by atoms with Crippen LogP contribution in [0.3, 0.4) is 0 Å². The summed E-state index contributed by atoms with van der Waals surface area (Å²) in [4.78, 5) is 25.8. The van der Waals surface area contributed by atoms with Crippen LogP contribution in [0, 0.1) is 0 Å². The first-order valence-electron chi connectivity index (χ1n) is 6.08. The fraction of sp³-hybridized carbons (Fsp3) is 0.833. The van der Waals surface area contributed by atoms with E-state index in [0.717, 1.165) is 19.3 Å². The van der Waals surface area contributed by atoms with Gasteiger partial charge in [0.25, 0.3) is 0 Å².